The fraction of sp³-hybridized carbons (Fsp3) is 0.615. The first kappa shape index (κ1) is 16.7. The molecule has 1 aromatic heterocycles. The van der Waals surface area contributed by atoms with Crippen LogP contribution in [0.2, 0.25) is 0 Å². The predicted octanol–water partition coefficient (Wildman–Crippen LogP) is 2.53. The molecule has 118 valence electrons. The van der Waals surface area contributed by atoms with Gasteiger partial charge in [-0.2, -0.15) is 0 Å². The lowest BCUT2D eigenvalue weighted by Crippen LogP contribution is -2.61. The molecule has 21 heavy (non-hydrogen) atoms. The third-order valence-corrected chi connectivity index (χ3v) is 7.53. The van der Waals surface area contributed by atoms with E-state index in [1.54, 1.807) is 14.0 Å². The van der Waals surface area contributed by atoms with Crippen molar-refractivity contribution in [2.75, 3.05) is 7.11 Å². The molecule has 1 amide bonds. The maximum Gasteiger partial charge on any atom is 0.271 e. The van der Waals surface area contributed by atoms with Crippen molar-refractivity contribution in [3.8, 4) is 0 Å². The molecule has 1 aliphatic carbocycles. The van der Waals surface area contributed by atoms with Gasteiger partial charge in [-0.1, -0.05) is 13.8 Å². The molecule has 0 radical (unpaired) electrons. The first-order valence-electron chi connectivity index (χ1n) is 6.45. The number of nitrogens with one attached hydrogen (secondary N) is 1. The maximum absolute atomic E-state index is 12.3. The second-order valence-corrected chi connectivity index (χ2v) is 9.45. The van der Waals surface area contributed by atoms with E-state index in [4.69, 9.17) is 15.4 Å². The average Bonchev–Trinajstić information content (AvgIpc) is 2.75. The normalized spacial score (nSPS) is 24.4. The van der Waals surface area contributed by atoms with Gasteiger partial charge in [-0.3, -0.25) is 4.79 Å². The van der Waals surface area contributed by atoms with E-state index in [-0.39, 0.29) is 27.7 Å². The van der Waals surface area contributed by atoms with Crippen LogP contribution in [0, 0.1) is 12.3 Å². The molecule has 2 atom stereocenters. The van der Waals surface area contributed by atoms with Crippen LogP contribution >= 0.6 is 22.0 Å². The number of halogens is 1. The van der Waals surface area contributed by atoms with Crippen molar-refractivity contribution in [2.24, 2.45) is 5.41 Å². The highest BCUT2D eigenvalue weighted by molar-refractivity contribution is 8.15. The van der Waals surface area contributed by atoms with Gasteiger partial charge in [0.05, 0.1) is 11.7 Å². The third kappa shape index (κ3) is 2.97. The van der Waals surface area contributed by atoms with Crippen LogP contribution in [-0.2, 0) is 13.8 Å². The number of amides is 1. The van der Waals surface area contributed by atoms with E-state index in [2.05, 4.69) is 5.32 Å². The van der Waals surface area contributed by atoms with Crippen LogP contribution in [0.1, 0.15) is 36.2 Å². The zero-order valence-corrected chi connectivity index (χ0v) is 14.7. The summed E-state index contributed by atoms with van der Waals surface area (Å²) in [5.41, 5.74) is 0.610. The fourth-order valence-corrected chi connectivity index (χ4v) is 5.18. The first-order chi connectivity index (χ1) is 9.59. The topological polar surface area (TPSA) is 72.5 Å². The van der Waals surface area contributed by atoms with Crippen molar-refractivity contribution >= 4 is 37.0 Å². The zero-order valence-electron chi connectivity index (χ0n) is 12.3. The van der Waals surface area contributed by atoms with E-state index >= 15 is 0 Å². The number of hydrogen-bond acceptors (Lipinski definition) is 5. The Bertz CT molecular complexity index is 666. The minimum atomic E-state index is -3.81. The monoisotopic (exact) mass is 351 g/mol. The molecule has 1 heterocycles. The Labute approximate surface area is 133 Å². The number of ether oxygens (including phenoxy) is 1. The molecule has 0 spiro atoms. The molecule has 0 bridgehead atoms. The van der Waals surface area contributed by atoms with Crippen LogP contribution < -0.4 is 5.32 Å². The van der Waals surface area contributed by atoms with Gasteiger partial charge in [0.2, 0.25) is 0 Å². The maximum atomic E-state index is 12.3. The molecule has 0 aliphatic heterocycles. The van der Waals surface area contributed by atoms with E-state index in [9.17, 15) is 13.2 Å². The van der Waals surface area contributed by atoms with Crippen LogP contribution in [0.3, 0.4) is 0 Å². The van der Waals surface area contributed by atoms with E-state index in [1.807, 2.05) is 13.8 Å². The van der Waals surface area contributed by atoms with Gasteiger partial charge in [-0.25, -0.2) is 8.42 Å². The molecule has 5 nitrogen and oxygen atoms in total. The van der Waals surface area contributed by atoms with E-state index in [0.717, 1.165) is 17.8 Å². The average molecular weight is 352 g/mol. The molecule has 2 unspecified atom stereocenters. The van der Waals surface area contributed by atoms with Crippen molar-refractivity contribution in [3.63, 3.8) is 0 Å². The molecule has 0 aromatic carbocycles. The van der Waals surface area contributed by atoms with Crippen molar-refractivity contribution in [3.05, 3.63) is 16.5 Å². The molecule has 2 rings (SSSR count). The molecular formula is C13H18ClNO4S2. The summed E-state index contributed by atoms with van der Waals surface area (Å²) in [7, 11) is 3.19. The Kier molecular flexibility index (Phi) is 4.41. The summed E-state index contributed by atoms with van der Waals surface area (Å²) in [6.45, 7) is 5.65. The van der Waals surface area contributed by atoms with E-state index in [1.165, 1.54) is 5.38 Å². The highest BCUT2D eigenvalue weighted by Crippen LogP contribution is 2.42. The summed E-state index contributed by atoms with van der Waals surface area (Å²) in [5, 5.41) is 4.47. The lowest BCUT2D eigenvalue weighted by Gasteiger charge is -2.51. The Morgan fingerprint density at radius 1 is 1.52 bits per heavy atom. The van der Waals surface area contributed by atoms with Crippen LogP contribution in [0.25, 0.3) is 0 Å². The van der Waals surface area contributed by atoms with Gasteiger partial charge in [-0.05, 0) is 18.9 Å². The SMILES string of the molecule is COC1CC(NC(=O)c2csc(S(=O)(=O)Cl)c2C)C1(C)C. The van der Waals surface area contributed by atoms with Gasteiger partial charge in [0.1, 0.15) is 4.21 Å². The number of rotatable bonds is 4. The van der Waals surface area contributed by atoms with Gasteiger partial charge in [0.25, 0.3) is 15.0 Å². The van der Waals surface area contributed by atoms with Gasteiger partial charge in [0, 0.05) is 34.6 Å². The largest absolute Gasteiger partial charge is 0.381 e. The molecule has 8 heteroatoms. The van der Waals surface area contributed by atoms with Crippen molar-refractivity contribution < 1.29 is 17.9 Å². The van der Waals surface area contributed by atoms with Gasteiger partial charge in [-0.15, -0.1) is 11.3 Å². The predicted molar refractivity (Wildman–Crippen MR) is 82.5 cm³/mol. The van der Waals surface area contributed by atoms with Crippen molar-refractivity contribution in [2.45, 2.75) is 43.5 Å². The highest BCUT2D eigenvalue weighted by atomic mass is 35.7. The van der Waals surface area contributed by atoms with Gasteiger partial charge >= 0.3 is 0 Å². The van der Waals surface area contributed by atoms with E-state index < -0.39 is 9.05 Å². The Balaban J connectivity index is 2.15. The number of hydrogen-bond donors (Lipinski definition) is 1. The summed E-state index contributed by atoms with van der Waals surface area (Å²) in [6, 6.07) is 0.00492. The molecule has 1 aromatic rings. The van der Waals surface area contributed by atoms with Crippen LogP contribution in [0.15, 0.2) is 9.59 Å². The van der Waals surface area contributed by atoms with Crippen LogP contribution in [0.5, 0.6) is 0 Å². The minimum absolute atomic E-state index is 0.00492. The van der Waals surface area contributed by atoms with Crippen molar-refractivity contribution in [1.29, 1.82) is 0 Å². The Morgan fingerprint density at radius 3 is 2.57 bits per heavy atom. The molecule has 1 aliphatic rings. The quantitative estimate of drug-likeness (QED) is 0.846. The fourth-order valence-electron chi connectivity index (χ4n) is 2.63. The number of methoxy groups -OCH3 is 1. The Hall–Kier alpha value is -0.630. The second-order valence-electron chi connectivity index (χ2n) is 5.81. The highest BCUT2D eigenvalue weighted by Gasteiger charge is 2.49. The molecule has 1 N–H and O–H groups in total. The molecule has 0 saturated heterocycles. The summed E-state index contributed by atoms with van der Waals surface area (Å²) in [6.07, 6.45) is 0.865. The van der Waals surface area contributed by atoms with Gasteiger partial charge in [0.15, 0.2) is 0 Å². The summed E-state index contributed by atoms with van der Waals surface area (Å²) < 4.78 is 28.2. The number of carbonyl (C=O) groups excluding carboxylic acids is 1. The third-order valence-electron chi connectivity index (χ3n) is 4.23. The lowest BCUT2D eigenvalue weighted by atomic mass is 9.64. The van der Waals surface area contributed by atoms with Gasteiger partial charge < -0.3 is 10.1 Å². The standard InChI is InChI=1S/C13H18ClNO4S2/c1-7-8(6-20-12(7)21(14,17)18)11(16)15-9-5-10(19-4)13(9,2)3/h6,9-10H,5H2,1-4H3,(H,15,16). The zero-order chi connectivity index (χ0) is 16.0. The molecule has 1 saturated carbocycles. The summed E-state index contributed by atoms with van der Waals surface area (Å²) in [4.78, 5) is 12.3. The van der Waals surface area contributed by atoms with Crippen LogP contribution in [-0.4, -0.2) is 33.6 Å². The van der Waals surface area contributed by atoms with Crippen LogP contribution in [0.4, 0.5) is 0 Å². The summed E-state index contributed by atoms with van der Waals surface area (Å²) in [5.74, 6) is -0.275. The smallest absolute Gasteiger partial charge is 0.271 e. The number of thiophene rings is 1. The second kappa shape index (κ2) is 5.53. The van der Waals surface area contributed by atoms with E-state index in [0.29, 0.717) is 11.1 Å². The molecule has 1 fully saturated rings. The van der Waals surface area contributed by atoms with Crippen molar-refractivity contribution in [1.82, 2.24) is 5.32 Å². The lowest BCUT2D eigenvalue weighted by molar-refractivity contribution is -0.0942. The Morgan fingerprint density at radius 2 is 2.14 bits per heavy atom. The summed E-state index contributed by atoms with van der Waals surface area (Å²) >= 11 is 0.964. The first-order valence-corrected chi connectivity index (χ1v) is 9.64. The number of carbonyl (C=O) groups is 1. The minimum Gasteiger partial charge on any atom is -0.381 e. The molecular weight excluding hydrogens is 334 g/mol.